The molecule has 0 aromatic heterocycles. The molecule has 1 atom stereocenters. The summed E-state index contributed by atoms with van der Waals surface area (Å²) in [6.45, 7) is 1.42. The van der Waals surface area contributed by atoms with E-state index in [4.69, 9.17) is 5.11 Å². The molecule has 130 valence electrons. The third-order valence-corrected chi connectivity index (χ3v) is 3.61. The molecular weight excluding hydrogens is 320 g/mol. The highest BCUT2D eigenvalue weighted by atomic mass is 16.4. The summed E-state index contributed by atoms with van der Waals surface area (Å²) in [5.74, 6) is -1.77. The molecule has 0 aliphatic heterocycles. The molecule has 0 radical (unpaired) electrons. The zero-order chi connectivity index (χ0) is 18.2. The second kappa shape index (κ2) is 8.63. The zero-order valence-corrected chi connectivity index (χ0v) is 13.9. The van der Waals surface area contributed by atoms with Gasteiger partial charge in [0.1, 0.15) is 0 Å². The molecule has 2 aromatic rings. The Balaban J connectivity index is 2.01. The molecule has 25 heavy (non-hydrogen) atoms. The maximum Gasteiger partial charge on any atom is 0.303 e. The van der Waals surface area contributed by atoms with Gasteiger partial charge in [-0.2, -0.15) is 0 Å². The van der Waals surface area contributed by atoms with Crippen molar-refractivity contribution in [3.05, 3.63) is 60.2 Å². The lowest BCUT2D eigenvalue weighted by atomic mass is 9.92. The lowest BCUT2D eigenvalue weighted by Gasteiger charge is -2.15. The molecule has 0 aliphatic rings. The van der Waals surface area contributed by atoms with Gasteiger partial charge < -0.3 is 15.7 Å². The van der Waals surface area contributed by atoms with E-state index in [9.17, 15) is 14.4 Å². The first-order valence-electron chi connectivity index (χ1n) is 7.88. The van der Waals surface area contributed by atoms with Crippen LogP contribution >= 0.6 is 0 Å². The van der Waals surface area contributed by atoms with Gasteiger partial charge in [-0.1, -0.05) is 30.3 Å². The number of carboxylic acids is 1. The number of carbonyl (C=O) groups excluding carboxylic acids is 2. The first-order valence-corrected chi connectivity index (χ1v) is 7.88. The second-order valence-corrected chi connectivity index (χ2v) is 5.72. The molecule has 0 unspecified atom stereocenters. The third kappa shape index (κ3) is 6.10. The second-order valence-electron chi connectivity index (χ2n) is 5.72. The van der Waals surface area contributed by atoms with Crippen LogP contribution in [0.15, 0.2) is 54.6 Å². The Morgan fingerprint density at radius 3 is 1.96 bits per heavy atom. The summed E-state index contributed by atoms with van der Waals surface area (Å²) in [4.78, 5) is 34.3. The van der Waals surface area contributed by atoms with Gasteiger partial charge in [0.05, 0.1) is 6.42 Å². The van der Waals surface area contributed by atoms with Crippen LogP contribution in [0.2, 0.25) is 0 Å². The first kappa shape index (κ1) is 18.2. The number of amides is 2. The number of rotatable bonds is 7. The number of nitrogens with one attached hydrogen (secondary N) is 2. The van der Waals surface area contributed by atoms with Crippen molar-refractivity contribution in [2.75, 3.05) is 10.6 Å². The predicted molar refractivity (Wildman–Crippen MR) is 95.4 cm³/mol. The van der Waals surface area contributed by atoms with Crippen molar-refractivity contribution in [2.45, 2.75) is 25.7 Å². The van der Waals surface area contributed by atoms with Crippen LogP contribution in [0.25, 0.3) is 0 Å². The van der Waals surface area contributed by atoms with Gasteiger partial charge in [0.15, 0.2) is 0 Å². The van der Waals surface area contributed by atoms with E-state index in [2.05, 4.69) is 10.6 Å². The summed E-state index contributed by atoms with van der Waals surface area (Å²) in [5, 5.41) is 14.5. The number of benzene rings is 2. The Hall–Kier alpha value is -3.15. The minimum atomic E-state index is -0.943. The molecule has 0 fully saturated rings. The molecule has 0 spiro atoms. The number of hydrogen-bond acceptors (Lipinski definition) is 3. The Kier molecular flexibility index (Phi) is 6.28. The molecule has 0 aliphatic carbocycles. The van der Waals surface area contributed by atoms with Crippen molar-refractivity contribution in [3.63, 3.8) is 0 Å². The van der Waals surface area contributed by atoms with Crippen LogP contribution in [0.4, 0.5) is 11.4 Å². The highest BCUT2D eigenvalue weighted by Crippen LogP contribution is 2.24. The lowest BCUT2D eigenvalue weighted by Crippen LogP contribution is -2.17. The standard InChI is InChI=1S/C19H20N2O4/c1-13(22)20-16-7-9-17(10-8-16)21-18(23)11-15(12-19(24)25)14-5-3-2-4-6-14/h2-10,15H,11-12H2,1H3,(H,20,22)(H,21,23)(H,24,25)/t15-/m0/s1. The Labute approximate surface area is 145 Å². The van der Waals surface area contributed by atoms with Gasteiger partial charge in [-0.3, -0.25) is 14.4 Å². The fraction of sp³-hybridized carbons (Fsp3) is 0.211. The molecular formula is C19H20N2O4. The summed E-state index contributed by atoms with van der Waals surface area (Å²) >= 11 is 0. The van der Waals surface area contributed by atoms with Crippen LogP contribution in [0, 0.1) is 0 Å². The van der Waals surface area contributed by atoms with Crippen molar-refractivity contribution in [1.29, 1.82) is 0 Å². The number of hydrogen-bond donors (Lipinski definition) is 3. The van der Waals surface area contributed by atoms with E-state index in [0.717, 1.165) is 5.56 Å². The van der Waals surface area contributed by atoms with Gasteiger partial charge in [0.2, 0.25) is 11.8 Å². The molecule has 2 aromatic carbocycles. The summed E-state index contributed by atoms with van der Waals surface area (Å²) in [6, 6.07) is 15.9. The molecule has 0 heterocycles. The normalized spacial score (nSPS) is 11.4. The molecule has 6 heteroatoms. The fourth-order valence-electron chi connectivity index (χ4n) is 2.52. The molecule has 0 bridgehead atoms. The van der Waals surface area contributed by atoms with Crippen LogP contribution in [-0.4, -0.2) is 22.9 Å². The van der Waals surface area contributed by atoms with Gasteiger partial charge >= 0.3 is 5.97 Å². The Morgan fingerprint density at radius 2 is 1.44 bits per heavy atom. The van der Waals surface area contributed by atoms with Crippen LogP contribution in [-0.2, 0) is 14.4 Å². The van der Waals surface area contributed by atoms with E-state index >= 15 is 0 Å². The van der Waals surface area contributed by atoms with E-state index < -0.39 is 11.9 Å². The van der Waals surface area contributed by atoms with Crippen molar-refractivity contribution in [3.8, 4) is 0 Å². The summed E-state index contributed by atoms with van der Waals surface area (Å²) in [5.41, 5.74) is 2.04. The Morgan fingerprint density at radius 1 is 0.880 bits per heavy atom. The van der Waals surface area contributed by atoms with Gasteiger partial charge in [-0.15, -0.1) is 0 Å². The van der Waals surface area contributed by atoms with Crippen LogP contribution in [0.3, 0.4) is 0 Å². The molecule has 2 rings (SSSR count). The molecule has 0 saturated heterocycles. The zero-order valence-electron chi connectivity index (χ0n) is 13.9. The number of anilines is 2. The largest absolute Gasteiger partial charge is 0.481 e. The number of aliphatic carboxylic acids is 1. The number of carboxylic acid groups (broad SMARTS) is 1. The minimum absolute atomic E-state index is 0.0732. The molecule has 2 amide bonds. The predicted octanol–water partition coefficient (Wildman–Crippen LogP) is 3.23. The van der Waals surface area contributed by atoms with E-state index in [1.807, 2.05) is 30.3 Å². The van der Waals surface area contributed by atoms with E-state index in [-0.39, 0.29) is 24.7 Å². The molecule has 3 N–H and O–H groups in total. The topological polar surface area (TPSA) is 95.5 Å². The smallest absolute Gasteiger partial charge is 0.303 e. The third-order valence-electron chi connectivity index (χ3n) is 3.61. The maximum absolute atomic E-state index is 12.3. The van der Waals surface area contributed by atoms with Crippen molar-refractivity contribution >= 4 is 29.2 Å². The quantitative estimate of drug-likeness (QED) is 0.721. The Bertz CT molecular complexity index is 742. The van der Waals surface area contributed by atoms with Gasteiger partial charge in [0.25, 0.3) is 0 Å². The van der Waals surface area contributed by atoms with Crippen LogP contribution in [0.1, 0.15) is 31.2 Å². The average Bonchev–Trinajstić information content (AvgIpc) is 2.56. The van der Waals surface area contributed by atoms with Crippen molar-refractivity contribution in [1.82, 2.24) is 0 Å². The summed E-state index contributed by atoms with van der Waals surface area (Å²) in [6.07, 6.45) is -0.0390. The average molecular weight is 340 g/mol. The van der Waals surface area contributed by atoms with E-state index in [1.165, 1.54) is 6.92 Å². The van der Waals surface area contributed by atoms with Crippen molar-refractivity contribution < 1.29 is 19.5 Å². The monoisotopic (exact) mass is 340 g/mol. The van der Waals surface area contributed by atoms with E-state index in [1.54, 1.807) is 24.3 Å². The van der Waals surface area contributed by atoms with Crippen molar-refractivity contribution in [2.24, 2.45) is 0 Å². The van der Waals surface area contributed by atoms with Gasteiger partial charge in [0, 0.05) is 30.6 Å². The number of carbonyl (C=O) groups is 3. The van der Waals surface area contributed by atoms with Gasteiger partial charge in [-0.05, 0) is 29.8 Å². The first-order chi connectivity index (χ1) is 11.9. The van der Waals surface area contributed by atoms with Crippen LogP contribution < -0.4 is 10.6 Å². The molecule has 6 nitrogen and oxygen atoms in total. The van der Waals surface area contributed by atoms with Crippen LogP contribution in [0.5, 0.6) is 0 Å². The van der Waals surface area contributed by atoms with E-state index in [0.29, 0.717) is 11.4 Å². The SMILES string of the molecule is CC(=O)Nc1ccc(NC(=O)C[C@@H](CC(=O)O)c2ccccc2)cc1. The lowest BCUT2D eigenvalue weighted by molar-refractivity contribution is -0.137. The summed E-state index contributed by atoms with van der Waals surface area (Å²) in [7, 11) is 0. The highest BCUT2D eigenvalue weighted by molar-refractivity contribution is 5.92. The fourth-order valence-corrected chi connectivity index (χ4v) is 2.52. The minimum Gasteiger partial charge on any atom is -0.481 e. The molecule has 0 saturated carbocycles. The maximum atomic E-state index is 12.3. The van der Waals surface area contributed by atoms with Gasteiger partial charge in [-0.25, -0.2) is 0 Å². The highest BCUT2D eigenvalue weighted by Gasteiger charge is 2.19. The summed E-state index contributed by atoms with van der Waals surface area (Å²) < 4.78 is 0.